The minimum absolute atomic E-state index is 1.08. The lowest BCUT2D eigenvalue weighted by atomic mass is 9.91. The first-order valence-corrected chi connectivity index (χ1v) is 24.7. The first-order chi connectivity index (χ1) is 35.7. The Morgan fingerprint density at radius 1 is 0.167 bits per heavy atom. The summed E-state index contributed by atoms with van der Waals surface area (Å²) < 4.78 is 0. The summed E-state index contributed by atoms with van der Waals surface area (Å²) in [5.41, 5.74) is 20.8. The highest BCUT2D eigenvalue weighted by molar-refractivity contribution is 6.06. The van der Waals surface area contributed by atoms with Crippen molar-refractivity contribution in [1.82, 2.24) is 0 Å². The molecule has 0 amide bonds. The third-order valence-electron chi connectivity index (χ3n) is 13.7. The fourth-order valence-electron chi connectivity index (χ4n) is 10.1. The van der Waals surface area contributed by atoms with E-state index < -0.39 is 0 Å². The molecule has 340 valence electrons. The van der Waals surface area contributed by atoms with Crippen molar-refractivity contribution in [3.05, 3.63) is 303 Å². The van der Waals surface area contributed by atoms with Crippen LogP contribution >= 0.6 is 0 Å². The Morgan fingerprint density at radius 3 is 0.764 bits per heavy atom. The zero-order valence-electron chi connectivity index (χ0n) is 39.8. The van der Waals surface area contributed by atoms with E-state index in [1.807, 2.05) is 0 Å². The zero-order valence-corrected chi connectivity index (χ0v) is 39.8. The Bertz CT molecular complexity index is 3490. The van der Waals surface area contributed by atoms with Crippen LogP contribution in [0.15, 0.2) is 303 Å². The lowest BCUT2D eigenvalue weighted by molar-refractivity contribution is 1.28. The van der Waals surface area contributed by atoms with Gasteiger partial charge in [0, 0.05) is 34.1 Å². The van der Waals surface area contributed by atoms with Gasteiger partial charge in [-0.2, -0.15) is 0 Å². The highest BCUT2D eigenvalue weighted by Gasteiger charge is 2.18. The molecule has 0 aromatic heterocycles. The Balaban J connectivity index is 0.906. The molecule has 0 radical (unpaired) electrons. The van der Waals surface area contributed by atoms with Crippen LogP contribution < -0.4 is 9.80 Å². The number of nitrogens with zero attached hydrogens (tertiary/aromatic N) is 2. The molecule has 0 heterocycles. The molecule has 2 nitrogen and oxygen atoms in total. The summed E-state index contributed by atoms with van der Waals surface area (Å²) in [5, 5.41) is 2.43. The fraction of sp³-hybridized carbons (Fsp3) is 0. The number of anilines is 6. The fourth-order valence-corrected chi connectivity index (χ4v) is 10.1. The largest absolute Gasteiger partial charge is 0.310 e. The zero-order chi connectivity index (χ0) is 48.1. The molecule has 2 heteroatoms. The number of fused-ring (bicyclic) bond motifs is 1. The first-order valence-electron chi connectivity index (χ1n) is 24.7. The molecule has 12 aromatic rings. The van der Waals surface area contributed by atoms with E-state index >= 15 is 0 Å². The van der Waals surface area contributed by atoms with E-state index in [4.69, 9.17) is 0 Å². The second kappa shape index (κ2) is 19.8. The maximum atomic E-state index is 2.36. The molecule has 0 fully saturated rings. The summed E-state index contributed by atoms with van der Waals surface area (Å²) in [5.74, 6) is 0. The molecular formula is C70H50N2. The van der Waals surface area contributed by atoms with Crippen molar-refractivity contribution in [2.75, 3.05) is 9.80 Å². The molecule has 0 unspecified atom stereocenters. The van der Waals surface area contributed by atoms with Gasteiger partial charge in [0.2, 0.25) is 0 Å². The van der Waals surface area contributed by atoms with Gasteiger partial charge in [0.25, 0.3) is 0 Å². The van der Waals surface area contributed by atoms with E-state index in [2.05, 4.69) is 313 Å². The topological polar surface area (TPSA) is 6.48 Å². The lowest BCUT2D eigenvalue weighted by Gasteiger charge is -2.27. The van der Waals surface area contributed by atoms with E-state index in [9.17, 15) is 0 Å². The van der Waals surface area contributed by atoms with Crippen LogP contribution in [0.25, 0.3) is 77.5 Å². The van der Waals surface area contributed by atoms with E-state index in [-0.39, 0.29) is 0 Å². The van der Waals surface area contributed by atoms with Gasteiger partial charge in [0.1, 0.15) is 0 Å². The minimum Gasteiger partial charge on any atom is -0.310 e. The molecule has 0 N–H and O–H groups in total. The van der Waals surface area contributed by atoms with Crippen molar-refractivity contribution >= 4 is 44.9 Å². The quantitative estimate of drug-likeness (QED) is 0.120. The molecular weight excluding hydrogens is 869 g/mol. The van der Waals surface area contributed by atoms with Crippen LogP contribution in [0.3, 0.4) is 0 Å². The van der Waals surface area contributed by atoms with Crippen LogP contribution in [-0.4, -0.2) is 0 Å². The van der Waals surface area contributed by atoms with Crippen molar-refractivity contribution in [2.45, 2.75) is 0 Å². The molecule has 0 spiro atoms. The summed E-state index contributed by atoms with van der Waals surface area (Å²) >= 11 is 0. The van der Waals surface area contributed by atoms with Crippen LogP contribution in [0.1, 0.15) is 0 Å². The standard InChI is InChI=1S/C70H50N2/c1-5-17-51(18-6-1)55-33-41-62(42-34-55)71(66-29-13-27-60(49-66)53-21-9-3-10-22-53)64-45-37-57(38-46-64)68-31-15-25-59-26-16-32-69(70(59)68)58-39-47-65(48-40-58)72(63-43-35-56(36-44-63)52-19-7-2-8-20-52)67-30-14-28-61(50-67)54-23-11-4-12-24-54/h1-50H. The molecule has 0 aliphatic carbocycles. The molecule has 0 atom stereocenters. The maximum absolute atomic E-state index is 2.36. The number of benzene rings is 12. The van der Waals surface area contributed by atoms with E-state index in [1.165, 1.54) is 66.4 Å². The summed E-state index contributed by atoms with van der Waals surface area (Å²) in [6.45, 7) is 0. The van der Waals surface area contributed by atoms with Crippen LogP contribution in [0.5, 0.6) is 0 Å². The summed E-state index contributed by atoms with van der Waals surface area (Å²) in [4.78, 5) is 4.72. The molecule has 12 rings (SSSR count). The second-order valence-electron chi connectivity index (χ2n) is 18.1. The normalized spacial score (nSPS) is 11.1. The van der Waals surface area contributed by atoms with E-state index in [0.717, 1.165) is 45.3 Å². The van der Waals surface area contributed by atoms with Crippen molar-refractivity contribution in [2.24, 2.45) is 0 Å². The highest BCUT2D eigenvalue weighted by Crippen LogP contribution is 2.43. The summed E-state index contributed by atoms with van der Waals surface area (Å²) in [6.07, 6.45) is 0. The van der Waals surface area contributed by atoms with E-state index in [0.29, 0.717) is 0 Å². The number of rotatable bonds is 12. The van der Waals surface area contributed by atoms with Gasteiger partial charge in [-0.15, -0.1) is 0 Å². The van der Waals surface area contributed by atoms with Crippen LogP contribution in [-0.2, 0) is 0 Å². The summed E-state index contributed by atoms with van der Waals surface area (Å²) in [7, 11) is 0. The number of hydrogen-bond acceptors (Lipinski definition) is 2. The van der Waals surface area contributed by atoms with Crippen LogP contribution in [0.2, 0.25) is 0 Å². The van der Waals surface area contributed by atoms with Crippen molar-refractivity contribution in [1.29, 1.82) is 0 Å². The van der Waals surface area contributed by atoms with Gasteiger partial charge in [-0.3, -0.25) is 0 Å². The molecule has 0 bridgehead atoms. The monoisotopic (exact) mass is 918 g/mol. The predicted molar refractivity (Wildman–Crippen MR) is 306 cm³/mol. The lowest BCUT2D eigenvalue weighted by Crippen LogP contribution is -2.10. The van der Waals surface area contributed by atoms with Crippen LogP contribution in [0.4, 0.5) is 34.1 Å². The molecule has 72 heavy (non-hydrogen) atoms. The molecule has 12 aromatic carbocycles. The molecule has 0 saturated heterocycles. The first kappa shape index (κ1) is 43.8. The SMILES string of the molecule is c1ccc(-c2ccc(N(c3ccc(-c4cccc5cccc(-c6ccc(N(c7ccc(-c8ccccc8)cc7)c7cccc(-c8ccccc8)c7)cc6)c45)cc3)c3cccc(-c4ccccc4)c3)cc2)cc1. The number of hydrogen-bond donors (Lipinski definition) is 0. The van der Waals surface area contributed by atoms with Gasteiger partial charge < -0.3 is 9.80 Å². The summed E-state index contributed by atoms with van der Waals surface area (Å²) in [6, 6.07) is 109. The van der Waals surface area contributed by atoms with Gasteiger partial charge in [-0.25, -0.2) is 0 Å². The average Bonchev–Trinajstić information content (AvgIpc) is 3.47. The molecule has 0 aliphatic rings. The van der Waals surface area contributed by atoms with Crippen molar-refractivity contribution < 1.29 is 0 Å². The third kappa shape index (κ3) is 8.97. The van der Waals surface area contributed by atoms with Crippen molar-refractivity contribution in [3.63, 3.8) is 0 Å². The Morgan fingerprint density at radius 2 is 0.431 bits per heavy atom. The van der Waals surface area contributed by atoms with Gasteiger partial charge in [0.15, 0.2) is 0 Å². The minimum atomic E-state index is 1.08. The predicted octanol–water partition coefficient (Wildman–Crippen LogP) is 19.8. The molecule has 0 saturated carbocycles. The van der Waals surface area contributed by atoms with Gasteiger partial charge in [-0.05, 0) is 150 Å². The smallest absolute Gasteiger partial charge is 0.0467 e. The Hall–Kier alpha value is -9.50. The molecule has 0 aliphatic heterocycles. The van der Waals surface area contributed by atoms with Gasteiger partial charge in [-0.1, -0.05) is 231 Å². The average molecular weight is 919 g/mol. The van der Waals surface area contributed by atoms with Crippen LogP contribution in [0, 0.1) is 0 Å². The van der Waals surface area contributed by atoms with E-state index in [1.54, 1.807) is 0 Å². The highest BCUT2D eigenvalue weighted by atomic mass is 15.1. The van der Waals surface area contributed by atoms with Gasteiger partial charge >= 0.3 is 0 Å². The van der Waals surface area contributed by atoms with Gasteiger partial charge in [0.05, 0.1) is 0 Å². The Kier molecular flexibility index (Phi) is 12.1. The maximum Gasteiger partial charge on any atom is 0.0467 e. The second-order valence-corrected chi connectivity index (χ2v) is 18.1. The Labute approximate surface area is 422 Å². The van der Waals surface area contributed by atoms with Crippen molar-refractivity contribution in [3.8, 4) is 66.8 Å². The third-order valence-corrected chi connectivity index (χ3v) is 13.7.